The molecular weight excluding hydrogens is 298 g/mol. The maximum atomic E-state index is 12.4. The lowest BCUT2D eigenvalue weighted by atomic mass is 10.1. The molecule has 1 aromatic heterocycles. The fourth-order valence-electron chi connectivity index (χ4n) is 1.94. The van der Waals surface area contributed by atoms with E-state index in [1.165, 1.54) is 16.9 Å². The SMILES string of the molecule is CN(C)CCN(CCc1ccccc1)C(=O)Nc1nncs1. The van der Waals surface area contributed by atoms with E-state index in [9.17, 15) is 4.79 Å². The minimum Gasteiger partial charge on any atom is -0.323 e. The first-order valence-electron chi connectivity index (χ1n) is 7.16. The van der Waals surface area contributed by atoms with E-state index in [-0.39, 0.29) is 6.03 Å². The van der Waals surface area contributed by atoms with Crippen molar-refractivity contribution in [1.29, 1.82) is 0 Å². The highest BCUT2D eigenvalue weighted by atomic mass is 32.1. The van der Waals surface area contributed by atoms with Crippen LogP contribution in [0.15, 0.2) is 35.8 Å². The quantitative estimate of drug-likeness (QED) is 0.850. The normalized spacial score (nSPS) is 10.7. The predicted molar refractivity (Wildman–Crippen MR) is 89.2 cm³/mol. The molecule has 0 saturated heterocycles. The Morgan fingerprint density at radius 3 is 2.59 bits per heavy atom. The summed E-state index contributed by atoms with van der Waals surface area (Å²) in [6.07, 6.45) is 0.831. The molecule has 0 unspecified atom stereocenters. The zero-order valence-corrected chi connectivity index (χ0v) is 13.7. The van der Waals surface area contributed by atoms with Crippen LogP contribution in [0.2, 0.25) is 0 Å². The number of carbonyl (C=O) groups is 1. The van der Waals surface area contributed by atoms with Gasteiger partial charge in [-0.1, -0.05) is 41.7 Å². The Hall–Kier alpha value is -1.99. The third-order valence-electron chi connectivity index (χ3n) is 3.19. The number of anilines is 1. The largest absolute Gasteiger partial charge is 0.323 e. The van der Waals surface area contributed by atoms with Crippen LogP contribution >= 0.6 is 11.3 Å². The molecule has 0 aliphatic heterocycles. The minimum atomic E-state index is -0.130. The molecule has 0 fully saturated rings. The van der Waals surface area contributed by atoms with Gasteiger partial charge in [0.15, 0.2) is 0 Å². The van der Waals surface area contributed by atoms with Gasteiger partial charge in [-0.15, -0.1) is 10.2 Å². The molecule has 0 aliphatic carbocycles. The van der Waals surface area contributed by atoms with E-state index in [2.05, 4.69) is 32.5 Å². The van der Waals surface area contributed by atoms with Gasteiger partial charge in [-0.25, -0.2) is 4.79 Å². The standard InChI is InChI=1S/C15H21N5OS/c1-19(2)10-11-20(9-8-13-6-4-3-5-7-13)15(21)17-14-18-16-12-22-14/h3-7,12H,8-11H2,1-2H3,(H,17,18,21). The molecule has 1 N–H and O–H groups in total. The fraction of sp³-hybridized carbons (Fsp3) is 0.400. The van der Waals surface area contributed by atoms with Gasteiger partial charge in [-0.3, -0.25) is 5.32 Å². The van der Waals surface area contributed by atoms with E-state index in [1.807, 2.05) is 37.2 Å². The van der Waals surface area contributed by atoms with Crippen LogP contribution < -0.4 is 5.32 Å². The smallest absolute Gasteiger partial charge is 0.323 e. The summed E-state index contributed by atoms with van der Waals surface area (Å²) in [5, 5.41) is 10.9. The second kappa shape index (κ2) is 8.45. The van der Waals surface area contributed by atoms with E-state index in [0.29, 0.717) is 18.2 Å². The Balaban J connectivity index is 1.93. The molecule has 1 aromatic carbocycles. The van der Waals surface area contributed by atoms with Crippen LogP contribution in [0.1, 0.15) is 5.56 Å². The zero-order chi connectivity index (χ0) is 15.8. The van der Waals surface area contributed by atoms with Crippen molar-refractivity contribution in [1.82, 2.24) is 20.0 Å². The van der Waals surface area contributed by atoms with Gasteiger partial charge in [-0.2, -0.15) is 0 Å². The van der Waals surface area contributed by atoms with Crippen molar-refractivity contribution in [3.63, 3.8) is 0 Å². The van der Waals surface area contributed by atoms with Gasteiger partial charge in [0.2, 0.25) is 5.13 Å². The van der Waals surface area contributed by atoms with Crippen molar-refractivity contribution in [3.8, 4) is 0 Å². The second-order valence-electron chi connectivity index (χ2n) is 5.20. The molecule has 0 bridgehead atoms. The van der Waals surface area contributed by atoms with Gasteiger partial charge in [0.25, 0.3) is 0 Å². The highest BCUT2D eigenvalue weighted by Crippen LogP contribution is 2.10. The van der Waals surface area contributed by atoms with Crippen LogP contribution in [-0.2, 0) is 6.42 Å². The van der Waals surface area contributed by atoms with Gasteiger partial charge >= 0.3 is 6.03 Å². The predicted octanol–water partition coefficient (Wildman–Crippen LogP) is 2.18. The minimum absolute atomic E-state index is 0.130. The number of hydrogen-bond donors (Lipinski definition) is 1. The van der Waals surface area contributed by atoms with Crippen LogP contribution in [0.4, 0.5) is 9.93 Å². The Labute approximate surface area is 134 Å². The van der Waals surface area contributed by atoms with E-state index in [4.69, 9.17) is 0 Å². The number of rotatable bonds is 7. The van der Waals surface area contributed by atoms with Crippen LogP contribution in [0, 0.1) is 0 Å². The fourth-order valence-corrected chi connectivity index (χ4v) is 2.38. The van der Waals surface area contributed by atoms with Crippen molar-refractivity contribution >= 4 is 22.5 Å². The molecule has 22 heavy (non-hydrogen) atoms. The lowest BCUT2D eigenvalue weighted by Gasteiger charge is -2.24. The molecular formula is C15H21N5OS. The first kappa shape index (κ1) is 16.4. The molecule has 6 nitrogen and oxygen atoms in total. The number of nitrogens with zero attached hydrogens (tertiary/aromatic N) is 4. The third kappa shape index (κ3) is 5.42. The Morgan fingerprint density at radius 2 is 1.95 bits per heavy atom. The summed E-state index contributed by atoms with van der Waals surface area (Å²) in [5.74, 6) is 0. The molecule has 1 heterocycles. The molecule has 0 radical (unpaired) electrons. The number of hydrogen-bond acceptors (Lipinski definition) is 5. The van der Waals surface area contributed by atoms with Gasteiger partial charge in [0, 0.05) is 19.6 Å². The summed E-state index contributed by atoms with van der Waals surface area (Å²) in [5.41, 5.74) is 2.82. The van der Waals surface area contributed by atoms with E-state index in [1.54, 1.807) is 5.51 Å². The number of urea groups is 1. The molecule has 118 valence electrons. The molecule has 2 aromatic rings. The van der Waals surface area contributed by atoms with Gasteiger partial charge in [-0.05, 0) is 26.1 Å². The first-order chi connectivity index (χ1) is 10.6. The zero-order valence-electron chi connectivity index (χ0n) is 12.9. The van der Waals surface area contributed by atoms with Crippen LogP contribution in [-0.4, -0.2) is 59.8 Å². The lowest BCUT2D eigenvalue weighted by molar-refractivity contribution is 0.205. The molecule has 0 atom stereocenters. The monoisotopic (exact) mass is 319 g/mol. The summed E-state index contributed by atoms with van der Waals surface area (Å²) < 4.78 is 0. The van der Waals surface area contributed by atoms with Crippen molar-refractivity contribution in [2.45, 2.75) is 6.42 Å². The molecule has 0 spiro atoms. The third-order valence-corrected chi connectivity index (χ3v) is 3.80. The Kier molecular flexibility index (Phi) is 6.29. The molecule has 2 amide bonds. The molecule has 2 rings (SSSR count). The maximum Gasteiger partial charge on any atom is 0.323 e. The highest BCUT2D eigenvalue weighted by Gasteiger charge is 2.15. The van der Waals surface area contributed by atoms with Gasteiger partial charge < -0.3 is 9.80 Å². The van der Waals surface area contributed by atoms with Crippen molar-refractivity contribution in [2.24, 2.45) is 0 Å². The number of carbonyl (C=O) groups excluding carboxylic acids is 1. The van der Waals surface area contributed by atoms with Crippen LogP contribution in [0.25, 0.3) is 0 Å². The summed E-state index contributed by atoms with van der Waals surface area (Å²) in [6, 6.07) is 10.0. The van der Waals surface area contributed by atoms with Crippen molar-refractivity contribution < 1.29 is 4.79 Å². The lowest BCUT2D eigenvalue weighted by Crippen LogP contribution is -2.40. The summed E-state index contributed by atoms with van der Waals surface area (Å²) in [7, 11) is 4.00. The number of nitrogens with one attached hydrogen (secondary N) is 1. The molecule has 0 saturated carbocycles. The Morgan fingerprint density at radius 1 is 1.18 bits per heavy atom. The van der Waals surface area contributed by atoms with Gasteiger partial charge in [0.05, 0.1) is 0 Å². The Bertz CT molecular complexity index is 559. The highest BCUT2D eigenvalue weighted by molar-refractivity contribution is 7.13. The maximum absolute atomic E-state index is 12.4. The van der Waals surface area contributed by atoms with E-state index in [0.717, 1.165) is 13.0 Å². The number of likely N-dealkylation sites (N-methyl/N-ethyl adjacent to an activating group) is 1. The topological polar surface area (TPSA) is 61.4 Å². The average Bonchev–Trinajstić information content (AvgIpc) is 3.01. The van der Waals surface area contributed by atoms with E-state index < -0.39 is 0 Å². The first-order valence-corrected chi connectivity index (χ1v) is 8.04. The second-order valence-corrected chi connectivity index (χ2v) is 6.03. The number of benzene rings is 1. The summed E-state index contributed by atoms with van der Waals surface area (Å²) in [4.78, 5) is 16.3. The van der Waals surface area contributed by atoms with Crippen molar-refractivity contribution in [2.75, 3.05) is 39.0 Å². The van der Waals surface area contributed by atoms with Crippen molar-refractivity contribution in [3.05, 3.63) is 41.4 Å². The summed E-state index contributed by atoms with van der Waals surface area (Å²) in [6.45, 7) is 2.16. The number of aromatic nitrogens is 2. The number of amides is 2. The van der Waals surface area contributed by atoms with Gasteiger partial charge in [0.1, 0.15) is 5.51 Å². The average molecular weight is 319 g/mol. The van der Waals surface area contributed by atoms with Crippen LogP contribution in [0.3, 0.4) is 0 Å². The molecule has 0 aliphatic rings. The molecule has 7 heteroatoms. The summed E-state index contributed by atoms with van der Waals surface area (Å²) >= 11 is 1.32. The van der Waals surface area contributed by atoms with Crippen LogP contribution in [0.5, 0.6) is 0 Å². The van der Waals surface area contributed by atoms with E-state index >= 15 is 0 Å².